The Morgan fingerprint density at radius 3 is 2.39 bits per heavy atom. The molecule has 4 rings (SSSR count). The molecule has 0 aliphatic carbocycles. The fraction of sp³-hybridized carbons (Fsp3) is 0.364. The second-order valence-electron chi connectivity index (χ2n) is 7.58. The minimum absolute atomic E-state index is 0.0301. The predicted molar refractivity (Wildman–Crippen MR) is 113 cm³/mol. The zero-order valence-electron chi connectivity index (χ0n) is 17.5. The van der Waals surface area contributed by atoms with Crippen LogP contribution >= 0.6 is 0 Å². The lowest BCUT2D eigenvalue weighted by Crippen LogP contribution is -2.41. The van der Waals surface area contributed by atoms with E-state index in [1.807, 2.05) is 35.2 Å². The lowest BCUT2D eigenvalue weighted by atomic mass is 10.0. The van der Waals surface area contributed by atoms with Crippen molar-refractivity contribution in [3.05, 3.63) is 71.8 Å². The van der Waals surface area contributed by atoms with Gasteiger partial charge < -0.3 is 9.80 Å². The average Bonchev–Trinajstić information content (AvgIpc) is 3.08. The van der Waals surface area contributed by atoms with Gasteiger partial charge in [-0.1, -0.05) is 30.3 Å². The van der Waals surface area contributed by atoms with E-state index in [2.05, 4.69) is 20.5 Å². The van der Waals surface area contributed by atoms with Crippen molar-refractivity contribution in [2.75, 3.05) is 26.2 Å². The highest BCUT2D eigenvalue weighted by Crippen LogP contribution is 2.19. The van der Waals surface area contributed by atoms with Gasteiger partial charge in [0, 0.05) is 50.6 Å². The van der Waals surface area contributed by atoms with Crippen LogP contribution < -0.4 is 0 Å². The molecule has 0 N–H and O–H groups in total. The number of aryl methyl sites for hydroxylation is 1. The van der Waals surface area contributed by atoms with E-state index < -0.39 is 6.04 Å². The van der Waals surface area contributed by atoms with E-state index in [1.165, 1.54) is 0 Å². The monoisotopic (exact) mass is 419 g/mol. The smallest absolute Gasteiger partial charge is 0.254 e. The summed E-state index contributed by atoms with van der Waals surface area (Å²) < 4.78 is 1.60. The molecular weight excluding hydrogens is 394 g/mol. The van der Waals surface area contributed by atoms with E-state index in [9.17, 15) is 9.59 Å². The maximum absolute atomic E-state index is 13.6. The molecule has 1 aliphatic heterocycles. The molecule has 0 radical (unpaired) electrons. The first-order valence-electron chi connectivity index (χ1n) is 10.4. The first-order chi connectivity index (χ1) is 15.1. The number of tetrazole rings is 1. The van der Waals surface area contributed by atoms with Crippen LogP contribution in [0, 0.1) is 6.92 Å². The van der Waals surface area contributed by atoms with E-state index in [0.717, 1.165) is 12.0 Å². The molecule has 2 aromatic heterocycles. The van der Waals surface area contributed by atoms with Gasteiger partial charge in [0.25, 0.3) is 5.91 Å². The molecule has 2 amide bonds. The van der Waals surface area contributed by atoms with E-state index in [4.69, 9.17) is 0 Å². The third-order valence-electron chi connectivity index (χ3n) is 5.53. The molecule has 9 nitrogen and oxygen atoms in total. The Labute approximate surface area is 180 Å². The molecule has 1 atom stereocenters. The molecule has 0 bridgehead atoms. The van der Waals surface area contributed by atoms with Crippen LogP contribution in [0.15, 0.2) is 54.9 Å². The van der Waals surface area contributed by atoms with E-state index in [1.54, 1.807) is 41.0 Å². The highest BCUT2D eigenvalue weighted by atomic mass is 16.2. The Morgan fingerprint density at radius 1 is 0.968 bits per heavy atom. The highest BCUT2D eigenvalue weighted by Gasteiger charge is 2.30. The van der Waals surface area contributed by atoms with Gasteiger partial charge in [0.2, 0.25) is 5.91 Å². The number of benzene rings is 1. The first-order valence-corrected chi connectivity index (χ1v) is 10.4. The predicted octanol–water partition coefficient (Wildman–Crippen LogP) is 1.54. The van der Waals surface area contributed by atoms with Gasteiger partial charge in [-0.15, -0.1) is 5.10 Å². The third kappa shape index (κ3) is 4.76. The van der Waals surface area contributed by atoms with Crippen LogP contribution in [-0.2, 0) is 11.2 Å². The minimum atomic E-state index is -0.528. The van der Waals surface area contributed by atoms with Crippen LogP contribution in [0.25, 0.3) is 0 Å². The number of pyridine rings is 1. The number of hydrogen-bond donors (Lipinski definition) is 0. The van der Waals surface area contributed by atoms with E-state index in [-0.39, 0.29) is 11.8 Å². The molecule has 1 unspecified atom stereocenters. The standard InChI is InChI=1S/C22H25N7O2/c1-17-24-25-26-29(17)20(16-18-6-3-2-4-7-18)22(31)28-13-5-12-27(14-15-28)21(30)19-8-10-23-11-9-19/h2-4,6-11,20H,5,12-16H2,1H3. The van der Waals surface area contributed by atoms with Crippen LogP contribution in [0.1, 0.15) is 34.2 Å². The molecule has 31 heavy (non-hydrogen) atoms. The molecule has 1 fully saturated rings. The maximum Gasteiger partial charge on any atom is 0.254 e. The van der Waals surface area contributed by atoms with E-state index in [0.29, 0.717) is 44.0 Å². The van der Waals surface area contributed by atoms with Crippen molar-refractivity contribution >= 4 is 11.8 Å². The molecule has 160 valence electrons. The van der Waals surface area contributed by atoms with Gasteiger partial charge >= 0.3 is 0 Å². The zero-order valence-corrected chi connectivity index (χ0v) is 17.5. The highest BCUT2D eigenvalue weighted by molar-refractivity contribution is 5.94. The Morgan fingerprint density at radius 2 is 1.68 bits per heavy atom. The van der Waals surface area contributed by atoms with Crippen molar-refractivity contribution in [2.24, 2.45) is 0 Å². The topological polar surface area (TPSA) is 97.1 Å². The summed E-state index contributed by atoms with van der Waals surface area (Å²) in [7, 11) is 0. The fourth-order valence-electron chi connectivity index (χ4n) is 3.87. The van der Waals surface area contributed by atoms with Crippen LogP contribution in [-0.4, -0.2) is 73.0 Å². The fourth-order valence-corrected chi connectivity index (χ4v) is 3.87. The van der Waals surface area contributed by atoms with Crippen LogP contribution in [0.5, 0.6) is 0 Å². The summed E-state index contributed by atoms with van der Waals surface area (Å²) in [5.74, 6) is 0.532. The summed E-state index contributed by atoms with van der Waals surface area (Å²) >= 11 is 0. The number of carbonyl (C=O) groups excluding carboxylic acids is 2. The SMILES string of the molecule is Cc1nnnn1C(Cc1ccccc1)C(=O)N1CCCN(C(=O)c2ccncc2)CC1. The van der Waals surface area contributed by atoms with Gasteiger partial charge in [-0.2, -0.15) is 0 Å². The molecule has 1 aliphatic rings. The van der Waals surface area contributed by atoms with Gasteiger partial charge in [-0.3, -0.25) is 14.6 Å². The van der Waals surface area contributed by atoms with Crippen molar-refractivity contribution in [3.8, 4) is 0 Å². The first kappa shape index (κ1) is 20.6. The molecule has 0 spiro atoms. The summed E-state index contributed by atoms with van der Waals surface area (Å²) in [5, 5.41) is 11.8. The van der Waals surface area contributed by atoms with Crippen molar-refractivity contribution in [1.29, 1.82) is 0 Å². The van der Waals surface area contributed by atoms with Crippen LogP contribution in [0.4, 0.5) is 0 Å². The normalized spacial score (nSPS) is 15.4. The van der Waals surface area contributed by atoms with Gasteiger partial charge in [0.05, 0.1) is 0 Å². The molecule has 3 aromatic rings. The van der Waals surface area contributed by atoms with Crippen molar-refractivity contribution in [1.82, 2.24) is 35.0 Å². The second kappa shape index (κ2) is 9.46. The van der Waals surface area contributed by atoms with Crippen LogP contribution in [0.2, 0.25) is 0 Å². The lowest BCUT2D eigenvalue weighted by Gasteiger charge is -2.27. The Balaban J connectivity index is 1.49. The largest absolute Gasteiger partial charge is 0.339 e. The third-order valence-corrected chi connectivity index (χ3v) is 5.53. The molecule has 1 saturated heterocycles. The summed E-state index contributed by atoms with van der Waals surface area (Å²) in [6.45, 7) is 3.95. The van der Waals surface area contributed by atoms with Gasteiger partial charge in [0.1, 0.15) is 11.9 Å². The number of aromatic nitrogens is 5. The van der Waals surface area contributed by atoms with Crippen molar-refractivity contribution in [2.45, 2.75) is 25.8 Å². The second-order valence-corrected chi connectivity index (χ2v) is 7.58. The van der Waals surface area contributed by atoms with Gasteiger partial charge in [-0.25, -0.2) is 4.68 Å². The quantitative estimate of drug-likeness (QED) is 0.622. The summed E-state index contributed by atoms with van der Waals surface area (Å²) in [6.07, 6.45) is 4.45. The molecule has 3 heterocycles. The summed E-state index contributed by atoms with van der Waals surface area (Å²) in [6, 6.07) is 12.8. The molecule has 0 saturated carbocycles. The van der Waals surface area contributed by atoms with Crippen molar-refractivity contribution in [3.63, 3.8) is 0 Å². The number of rotatable bonds is 5. The number of amides is 2. The molecule has 9 heteroatoms. The van der Waals surface area contributed by atoms with E-state index >= 15 is 0 Å². The van der Waals surface area contributed by atoms with Gasteiger partial charge in [0.15, 0.2) is 0 Å². The Kier molecular flexibility index (Phi) is 6.30. The van der Waals surface area contributed by atoms with Gasteiger partial charge in [-0.05, 0) is 41.5 Å². The van der Waals surface area contributed by atoms with Crippen molar-refractivity contribution < 1.29 is 9.59 Å². The van der Waals surface area contributed by atoms with Crippen LogP contribution in [0.3, 0.4) is 0 Å². The minimum Gasteiger partial charge on any atom is -0.339 e. The number of nitrogens with zero attached hydrogens (tertiary/aromatic N) is 7. The maximum atomic E-state index is 13.6. The molecule has 1 aromatic carbocycles. The lowest BCUT2D eigenvalue weighted by molar-refractivity contribution is -0.135. The summed E-state index contributed by atoms with van der Waals surface area (Å²) in [4.78, 5) is 34.0. The number of carbonyl (C=O) groups is 2. The zero-order chi connectivity index (χ0) is 21.6. The summed E-state index contributed by atoms with van der Waals surface area (Å²) in [5.41, 5.74) is 1.65. The Bertz CT molecular complexity index is 1020. The number of hydrogen-bond acceptors (Lipinski definition) is 6. The molecular formula is C22H25N7O2. The average molecular weight is 419 g/mol. The Hall–Kier alpha value is -3.62.